The third kappa shape index (κ3) is 2.43. The van der Waals surface area contributed by atoms with Crippen molar-refractivity contribution in [2.24, 2.45) is 0 Å². The molecular formula is C15H19N3O2. The molecule has 0 amide bonds. The van der Waals surface area contributed by atoms with E-state index in [-0.39, 0.29) is 5.56 Å². The monoisotopic (exact) mass is 273 g/mol. The van der Waals surface area contributed by atoms with Gasteiger partial charge in [-0.15, -0.1) is 0 Å². The molecule has 20 heavy (non-hydrogen) atoms. The van der Waals surface area contributed by atoms with E-state index in [4.69, 9.17) is 0 Å². The van der Waals surface area contributed by atoms with Crippen molar-refractivity contribution in [1.82, 2.24) is 14.8 Å². The van der Waals surface area contributed by atoms with Gasteiger partial charge in [0.15, 0.2) is 5.82 Å². The van der Waals surface area contributed by atoms with Gasteiger partial charge in [-0.2, -0.15) is 5.10 Å². The molecule has 0 aliphatic rings. The molecule has 5 heteroatoms. The Kier molecular flexibility index (Phi) is 3.88. The number of hydrogen-bond donors (Lipinski definition) is 1. The van der Waals surface area contributed by atoms with Gasteiger partial charge in [-0.05, 0) is 44.4 Å². The van der Waals surface area contributed by atoms with Gasteiger partial charge in [0, 0.05) is 11.4 Å². The SMILES string of the molecule is CCc1cc(C(=O)O)cc(-n2nc(C)c(CC)c2C)n1. The van der Waals surface area contributed by atoms with Gasteiger partial charge in [0.1, 0.15) is 0 Å². The van der Waals surface area contributed by atoms with E-state index in [2.05, 4.69) is 17.0 Å². The van der Waals surface area contributed by atoms with Crippen molar-refractivity contribution in [1.29, 1.82) is 0 Å². The summed E-state index contributed by atoms with van der Waals surface area (Å²) in [4.78, 5) is 15.7. The highest BCUT2D eigenvalue weighted by Gasteiger charge is 2.15. The number of aromatic carboxylic acids is 1. The number of carboxylic acid groups (broad SMARTS) is 1. The predicted octanol–water partition coefficient (Wildman–Crippen LogP) is 2.71. The number of hydrogen-bond acceptors (Lipinski definition) is 3. The number of pyridine rings is 1. The van der Waals surface area contributed by atoms with Gasteiger partial charge in [-0.3, -0.25) is 0 Å². The van der Waals surface area contributed by atoms with Gasteiger partial charge < -0.3 is 5.11 Å². The van der Waals surface area contributed by atoms with Gasteiger partial charge in [0.2, 0.25) is 0 Å². The van der Waals surface area contributed by atoms with Crippen LogP contribution in [0.4, 0.5) is 0 Å². The van der Waals surface area contributed by atoms with Crippen LogP contribution in [0.1, 0.15) is 46.9 Å². The summed E-state index contributed by atoms with van der Waals surface area (Å²) < 4.78 is 1.74. The lowest BCUT2D eigenvalue weighted by molar-refractivity contribution is 0.0696. The van der Waals surface area contributed by atoms with E-state index in [1.54, 1.807) is 16.8 Å². The van der Waals surface area contributed by atoms with Crippen LogP contribution in [0.5, 0.6) is 0 Å². The third-order valence-corrected chi connectivity index (χ3v) is 3.49. The van der Waals surface area contributed by atoms with Gasteiger partial charge in [-0.25, -0.2) is 14.5 Å². The lowest BCUT2D eigenvalue weighted by atomic mass is 10.1. The maximum atomic E-state index is 11.2. The van der Waals surface area contributed by atoms with Crippen LogP contribution in [0.25, 0.3) is 5.82 Å². The molecule has 0 atom stereocenters. The van der Waals surface area contributed by atoms with Crippen LogP contribution in [0.2, 0.25) is 0 Å². The van der Waals surface area contributed by atoms with Crippen molar-refractivity contribution >= 4 is 5.97 Å². The van der Waals surface area contributed by atoms with Crippen molar-refractivity contribution in [2.45, 2.75) is 40.5 Å². The second kappa shape index (κ2) is 5.45. The van der Waals surface area contributed by atoms with Crippen LogP contribution in [0.15, 0.2) is 12.1 Å². The fourth-order valence-corrected chi connectivity index (χ4v) is 2.39. The number of carboxylic acids is 1. The lowest BCUT2D eigenvalue weighted by Gasteiger charge is -2.08. The molecule has 0 radical (unpaired) electrons. The summed E-state index contributed by atoms with van der Waals surface area (Å²) >= 11 is 0. The summed E-state index contributed by atoms with van der Waals surface area (Å²) in [6, 6.07) is 3.18. The first-order valence-electron chi connectivity index (χ1n) is 6.77. The molecule has 0 aromatic carbocycles. The molecule has 0 bridgehead atoms. The third-order valence-electron chi connectivity index (χ3n) is 3.49. The number of nitrogens with zero attached hydrogens (tertiary/aromatic N) is 3. The average Bonchev–Trinajstić information content (AvgIpc) is 2.72. The van der Waals surface area contributed by atoms with Crippen LogP contribution in [0, 0.1) is 13.8 Å². The molecule has 2 aromatic rings. The summed E-state index contributed by atoms with van der Waals surface area (Å²) in [5.74, 6) is -0.373. The molecule has 106 valence electrons. The Hall–Kier alpha value is -2.17. The Morgan fingerprint density at radius 1 is 1.25 bits per heavy atom. The van der Waals surface area contributed by atoms with E-state index >= 15 is 0 Å². The molecule has 0 spiro atoms. The predicted molar refractivity (Wildman–Crippen MR) is 76.5 cm³/mol. The Morgan fingerprint density at radius 2 is 1.95 bits per heavy atom. The molecule has 0 aliphatic carbocycles. The standard InChI is InChI=1S/C15H19N3O2/c1-5-12-7-11(15(19)20)8-14(16-12)18-10(4)13(6-2)9(3)17-18/h7-8H,5-6H2,1-4H3,(H,19,20). The second-order valence-electron chi connectivity index (χ2n) is 4.78. The zero-order valence-corrected chi connectivity index (χ0v) is 12.3. The summed E-state index contributed by atoms with van der Waals surface area (Å²) in [5.41, 5.74) is 4.17. The normalized spacial score (nSPS) is 10.8. The number of rotatable bonds is 4. The van der Waals surface area contributed by atoms with Crippen LogP contribution in [-0.4, -0.2) is 25.8 Å². The molecule has 2 aromatic heterocycles. The maximum Gasteiger partial charge on any atom is 0.335 e. The number of aryl methyl sites for hydroxylation is 2. The zero-order valence-electron chi connectivity index (χ0n) is 12.3. The first-order valence-corrected chi connectivity index (χ1v) is 6.77. The number of carbonyl (C=O) groups is 1. The highest BCUT2D eigenvalue weighted by atomic mass is 16.4. The van der Waals surface area contributed by atoms with Crippen molar-refractivity contribution in [2.75, 3.05) is 0 Å². The Morgan fingerprint density at radius 3 is 2.45 bits per heavy atom. The Labute approximate surface area is 118 Å². The molecule has 2 rings (SSSR count). The summed E-state index contributed by atoms with van der Waals surface area (Å²) in [6.07, 6.45) is 1.59. The minimum Gasteiger partial charge on any atom is -0.478 e. The minimum atomic E-state index is -0.944. The molecule has 5 nitrogen and oxygen atoms in total. The van der Waals surface area contributed by atoms with Gasteiger partial charge in [-0.1, -0.05) is 13.8 Å². The minimum absolute atomic E-state index is 0.248. The topological polar surface area (TPSA) is 68.0 Å². The van der Waals surface area contributed by atoms with Crippen LogP contribution < -0.4 is 0 Å². The summed E-state index contributed by atoms with van der Waals surface area (Å²) in [5, 5.41) is 13.7. The highest BCUT2D eigenvalue weighted by molar-refractivity contribution is 5.88. The first kappa shape index (κ1) is 14.2. The molecule has 1 N–H and O–H groups in total. The van der Waals surface area contributed by atoms with Crippen LogP contribution in [-0.2, 0) is 12.8 Å². The fourth-order valence-electron chi connectivity index (χ4n) is 2.39. The molecule has 0 fully saturated rings. The van der Waals surface area contributed by atoms with Gasteiger partial charge in [0.25, 0.3) is 0 Å². The second-order valence-corrected chi connectivity index (χ2v) is 4.78. The highest BCUT2D eigenvalue weighted by Crippen LogP contribution is 2.19. The average molecular weight is 273 g/mol. The van der Waals surface area contributed by atoms with E-state index in [1.807, 2.05) is 20.8 Å². The first-order chi connectivity index (χ1) is 9.47. The molecule has 0 saturated carbocycles. The number of aromatic nitrogens is 3. The molecule has 2 heterocycles. The summed E-state index contributed by atoms with van der Waals surface area (Å²) in [6.45, 7) is 7.99. The molecule has 0 unspecified atom stereocenters. The van der Waals surface area contributed by atoms with Gasteiger partial charge in [0.05, 0.1) is 11.3 Å². The molecule has 0 saturated heterocycles. The van der Waals surface area contributed by atoms with E-state index in [9.17, 15) is 9.90 Å². The Bertz CT molecular complexity index is 659. The summed E-state index contributed by atoms with van der Waals surface area (Å²) in [7, 11) is 0. The smallest absolute Gasteiger partial charge is 0.335 e. The molecule has 0 aliphatic heterocycles. The lowest BCUT2D eigenvalue weighted by Crippen LogP contribution is -2.08. The molecular weight excluding hydrogens is 254 g/mol. The zero-order chi connectivity index (χ0) is 14.9. The van der Waals surface area contributed by atoms with Crippen LogP contribution >= 0.6 is 0 Å². The van der Waals surface area contributed by atoms with Gasteiger partial charge >= 0.3 is 5.97 Å². The van der Waals surface area contributed by atoms with Crippen molar-refractivity contribution in [3.05, 3.63) is 40.3 Å². The van der Waals surface area contributed by atoms with Crippen molar-refractivity contribution < 1.29 is 9.90 Å². The van der Waals surface area contributed by atoms with E-state index in [1.165, 1.54) is 5.56 Å². The van der Waals surface area contributed by atoms with E-state index in [0.717, 1.165) is 23.5 Å². The largest absolute Gasteiger partial charge is 0.478 e. The Balaban J connectivity index is 2.63. The maximum absolute atomic E-state index is 11.2. The van der Waals surface area contributed by atoms with Crippen molar-refractivity contribution in [3.63, 3.8) is 0 Å². The van der Waals surface area contributed by atoms with Crippen molar-refractivity contribution in [3.8, 4) is 5.82 Å². The van der Waals surface area contributed by atoms with E-state index in [0.29, 0.717) is 12.2 Å². The van der Waals surface area contributed by atoms with E-state index < -0.39 is 5.97 Å². The fraction of sp³-hybridized carbons (Fsp3) is 0.400. The van der Waals surface area contributed by atoms with Crippen LogP contribution in [0.3, 0.4) is 0 Å². The quantitative estimate of drug-likeness (QED) is 0.930.